The zero-order valence-corrected chi connectivity index (χ0v) is 6.32. The molecule has 1 rings (SSSR count). The largest absolute Gasteiger partial charge is 0.464 e. The molecule has 3 N–H and O–H groups in total. The molecular formula is C7H13NO3. The SMILES string of the molecule is NC(CO)C(=O)OCC1CC1. The van der Waals surface area contributed by atoms with Crippen LogP contribution in [0.25, 0.3) is 0 Å². The van der Waals surface area contributed by atoms with Gasteiger partial charge < -0.3 is 15.6 Å². The van der Waals surface area contributed by atoms with Gasteiger partial charge in [0.05, 0.1) is 13.2 Å². The maximum Gasteiger partial charge on any atom is 0.325 e. The molecule has 4 nitrogen and oxygen atoms in total. The van der Waals surface area contributed by atoms with E-state index in [1.54, 1.807) is 0 Å². The average Bonchev–Trinajstić information content (AvgIpc) is 2.81. The van der Waals surface area contributed by atoms with Crippen LogP contribution in [0.15, 0.2) is 0 Å². The summed E-state index contributed by atoms with van der Waals surface area (Å²) in [6.45, 7) is 0.121. The van der Waals surface area contributed by atoms with Crippen molar-refractivity contribution in [2.24, 2.45) is 11.7 Å². The van der Waals surface area contributed by atoms with Crippen LogP contribution in [0.2, 0.25) is 0 Å². The molecule has 64 valence electrons. The van der Waals surface area contributed by atoms with Gasteiger partial charge >= 0.3 is 5.97 Å². The van der Waals surface area contributed by atoms with Crippen molar-refractivity contribution in [2.75, 3.05) is 13.2 Å². The van der Waals surface area contributed by atoms with Gasteiger partial charge in [0.1, 0.15) is 6.04 Å². The van der Waals surface area contributed by atoms with Crippen LogP contribution in [0.4, 0.5) is 0 Å². The smallest absolute Gasteiger partial charge is 0.325 e. The van der Waals surface area contributed by atoms with Crippen molar-refractivity contribution in [2.45, 2.75) is 18.9 Å². The highest BCUT2D eigenvalue weighted by Crippen LogP contribution is 2.28. The van der Waals surface area contributed by atoms with Crippen LogP contribution in [-0.2, 0) is 9.53 Å². The lowest BCUT2D eigenvalue weighted by Gasteiger charge is -2.07. The Morgan fingerprint density at radius 2 is 2.36 bits per heavy atom. The maximum atomic E-state index is 10.8. The first-order valence-electron chi connectivity index (χ1n) is 3.77. The van der Waals surface area contributed by atoms with Crippen LogP contribution < -0.4 is 5.73 Å². The lowest BCUT2D eigenvalue weighted by atomic mass is 10.3. The lowest BCUT2D eigenvalue weighted by molar-refractivity contribution is -0.146. The molecule has 0 aromatic rings. The van der Waals surface area contributed by atoms with Gasteiger partial charge in [-0.1, -0.05) is 0 Å². The van der Waals surface area contributed by atoms with Gasteiger partial charge in [0.2, 0.25) is 0 Å². The predicted octanol–water partition coefficient (Wildman–Crippen LogP) is -0.741. The van der Waals surface area contributed by atoms with E-state index in [4.69, 9.17) is 15.6 Å². The Morgan fingerprint density at radius 1 is 1.73 bits per heavy atom. The summed E-state index contributed by atoms with van der Waals surface area (Å²) in [5.41, 5.74) is 5.20. The van der Waals surface area contributed by atoms with Crippen molar-refractivity contribution < 1.29 is 14.6 Å². The van der Waals surface area contributed by atoms with E-state index in [0.29, 0.717) is 12.5 Å². The van der Waals surface area contributed by atoms with Crippen molar-refractivity contribution in [3.05, 3.63) is 0 Å². The summed E-state index contributed by atoms with van der Waals surface area (Å²) in [5, 5.41) is 8.46. The number of rotatable bonds is 4. The molecule has 1 aliphatic rings. The van der Waals surface area contributed by atoms with Crippen molar-refractivity contribution >= 4 is 5.97 Å². The first-order chi connectivity index (χ1) is 5.24. The van der Waals surface area contributed by atoms with Crippen LogP contribution in [0.1, 0.15) is 12.8 Å². The molecule has 1 aliphatic carbocycles. The molecule has 0 saturated heterocycles. The molecular weight excluding hydrogens is 146 g/mol. The van der Waals surface area contributed by atoms with Crippen molar-refractivity contribution in [3.8, 4) is 0 Å². The lowest BCUT2D eigenvalue weighted by Crippen LogP contribution is -2.35. The van der Waals surface area contributed by atoms with E-state index in [2.05, 4.69) is 0 Å². The van der Waals surface area contributed by atoms with E-state index < -0.39 is 12.0 Å². The van der Waals surface area contributed by atoms with Crippen LogP contribution >= 0.6 is 0 Å². The Kier molecular flexibility index (Phi) is 2.84. The van der Waals surface area contributed by atoms with Gasteiger partial charge in [0.25, 0.3) is 0 Å². The zero-order valence-electron chi connectivity index (χ0n) is 6.32. The molecule has 0 amide bonds. The minimum Gasteiger partial charge on any atom is -0.464 e. The predicted molar refractivity (Wildman–Crippen MR) is 38.7 cm³/mol. The number of aliphatic hydroxyl groups excluding tert-OH is 1. The molecule has 1 unspecified atom stereocenters. The monoisotopic (exact) mass is 159 g/mol. The molecule has 0 aromatic heterocycles. The van der Waals surface area contributed by atoms with Gasteiger partial charge in [-0.2, -0.15) is 0 Å². The molecule has 0 spiro atoms. The highest BCUT2D eigenvalue weighted by molar-refractivity contribution is 5.75. The van der Waals surface area contributed by atoms with E-state index in [0.717, 1.165) is 12.8 Å². The van der Waals surface area contributed by atoms with Crippen molar-refractivity contribution in [1.82, 2.24) is 0 Å². The highest BCUT2D eigenvalue weighted by atomic mass is 16.5. The van der Waals surface area contributed by atoms with E-state index in [-0.39, 0.29) is 6.61 Å². The van der Waals surface area contributed by atoms with E-state index in [9.17, 15) is 4.79 Å². The first kappa shape index (κ1) is 8.49. The standard InChI is InChI=1S/C7H13NO3/c8-6(3-9)7(10)11-4-5-1-2-5/h5-6,9H,1-4,8H2. The Labute approximate surface area is 65.3 Å². The van der Waals surface area contributed by atoms with Gasteiger partial charge in [0.15, 0.2) is 0 Å². The molecule has 0 radical (unpaired) electrons. The molecule has 11 heavy (non-hydrogen) atoms. The summed E-state index contributed by atoms with van der Waals surface area (Å²) in [6, 6.07) is -0.867. The van der Waals surface area contributed by atoms with Crippen molar-refractivity contribution in [1.29, 1.82) is 0 Å². The maximum absolute atomic E-state index is 10.8. The number of ether oxygens (including phenoxy) is 1. The van der Waals surface area contributed by atoms with Gasteiger partial charge in [0, 0.05) is 0 Å². The number of carbonyl (C=O) groups excluding carboxylic acids is 1. The Bertz CT molecular complexity index is 145. The highest BCUT2D eigenvalue weighted by Gasteiger charge is 2.24. The number of carbonyl (C=O) groups is 1. The van der Waals surface area contributed by atoms with Crippen LogP contribution in [0.3, 0.4) is 0 Å². The quantitative estimate of drug-likeness (QED) is 0.530. The molecule has 0 aromatic carbocycles. The van der Waals surface area contributed by atoms with Crippen LogP contribution in [0.5, 0.6) is 0 Å². The van der Waals surface area contributed by atoms with Gasteiger partial charge in [-0.05, 0) is 18.8 Å². The molecule has 0 aliphatic heterocycles. The topological polar surface area (TPSA) is 72.5 Å². The molecule has 0 bridgehead atoms. The molecule has 1 saturated carbocycles. The number of hydrogen-bond acceptors (Lipinski definition) is 4. The summed E-state index contributed by atoms with van der Waals surface area (Å²) in [4.78, 5) is 10.8. The number of nitrogens with two attached hydrogens (primary N) is 1. The molecule has 1 fully saturated rings. The molecule has 0 heterocycles. The van der Waals surface area contributed by atoms with E-state index in [1.807, 2.05) is 0 Å². The third-order valence-corrected chi connectivity index (χ3v) is 1.66. The second kappa shape index (κ2) is 3.69. The van der Waals surface area contributed by atoms with Crippen molar-refractivity contribution in [3.63, 3.8) is 0 Å². The summed E-state index contributed by atoms with van der Waals surface area (Å²) in [6.07, 6.45) is 2.28. The van der Waals surface area contributed by atoms with Gasteiger partial charge in [-0.3, -0.25) is 4.79 Å². The second-order valence-corrected chi connectivity index (χ2v) is 2.86. The number of aliphatic hydroxyl groups is 1. The van der Waals surface area contributed by atoms with E-state index in [1.165, 1.54) is 0 Å². The fourth-order valence-corrected chi connectivity index (χ4v) is 0.666. The summed E-state index contributed by atoms with van der Waals surface area (Å²) in [7, 11) is 0. The fourth-order valence-electron chi connectivity index (χ4n) is 0.666. The van der Waals surface area contributed by atoms with E-state index >= 15 is 0 Å². The minimum atomic E-state index is -0.867. The third kappa shape index (κ3) is 2.86. The number of hydrogen-bond donors (Lipinski definition) is 2. The minimum absolute atomic E-state index is 0.344. The number of esters is 1. The second-order valence-electron chi connectivity index (χ2n) is 2.86. The van der Waals surface area contributed by atoms with Crippen LogP contribution in [-0.4, -0.2) is 30.3 Å². The van der Waals surface area contributed by atoms with Gasteiger partial charge in [-0.15, -0.1) is 0 Å². The van der Waals surface area contributed by atoms with Crippen LogP contribution in [0, 0.1) is 5.92 Å². The fraction of sp³-hybridized carbons (Fsp3) is 0.857. The van der Waals surface area contributed by atoms with Gasteiger partial charge in [-0.25, -0.2) is 0 Å². The third-order valence-electron chi connectivity index (χ3n) is 1.66. The Balaban J connectivity index is 2.08. The summed E-state index contributed by atoms with van der Waals surface area (Å²) in [5.74, 6) is 0.0456. The zero-order chi connectivity index (χ0) is 8.27. The molecule has 4 heteroatoms. The molecule has 1 atom stereocenters. The summed E-state index contributed by atoms with van der Waals surface area (Å²) < 4.78 is 4.79. The Morgan fingerprint density at radius 3 is 2.82 bits per heavy atom. The normalized spacial score (nSPS) is 19.5. The Hall–Kier alpha value is -0.610. The summed E-state index contributed by atoms with van der Waals surface area (Å²) >= 11 is 0. The average molecular weight is 159 g/mol. The first-order valence-corrected chi connectivity index (χ1v) is 3.77.